The highest BCUT2D eigenvalue weighted by Gasteiger charge is 2.40. The zero-order valence-electron chi connectivity index (χ0n) is 12.3. The minimum atomic E-state index is -4.42. The van der Waals surface area contributed by atoms with Gasteiger partial charge in [0.05, 0.1) is 13.9 Å². The van der Waals surface area contributed by atoms with Gasteiger partial charge in [0.25, 0.3) is 0 Å². The molecule has 0 bridgehead atoms. The highest BCUT2D eigenvalue weighted by Crippen LogP contribution is 2.44. The second-order valence-electron chi connectivity index (χ2n) is 5.26. The van der Waals surface area contributed by atoms with E-state index < -0.39 is 11.7 Å². The van der Waals surface area contributed by atoms with Gasteiger partial charge in [0.15, 0.2) is 0 Å². The van der Waals surface area contributed by atoms with Crippen LogP contribution in [0, 0.1) is 3.57 Å². The van der Waals surface area contributed by atoms with Crippen LogP contribution in [-0.4, -0.2) is 4.57 Å². The van der Waals surface area contributed by atoms with Crippen molar-refractivity contribution in [2.75, 3.05) is 0 Å². The summed E-state index contributed by atoms with van der Waals surface area (Å²) in [5, 5.41) is 0. The van der Waals surface area contributed by atoms with E-state index in [2.05, 4.69) is 15.9 Å². The topological polar surface area (TPSA) is 4.93 Å². The fourth-order valence-electron chi connectivity index (χ4n) is 2.60. The fraction of sp³-hybridized carbons (Fsp3) is 0.111. The van der Waals surface area contributed by atoms with E-state index in [1.807, 2.05) is 60.7 Å². The van der Waals surface area contributed by atoms with Gasteiger partial charge in [-0.15, -0.1) is 0 Å². The van der Waals surface area contributed by atoms with Gasteiger partial charge < -0.3 is 4.57 Å². The number of aromatic nitrogens is 1. The van der Waals surface area contributed by atoms with E-state index in [1.165, 1.54) is 0 Å². The van der Waals surface area contributed by atoms with Crippen LogP contribution >= 0.6 is 38.5 Å². The second-order valence-corrected chi connectivity index (χ2v) is 7.09. The number of rotatable bonds is 3. The quantitative estimate of drug-likeness (QED) is 0.354. The summed E-state index contributed by atoms with van der Waals surface area (Å²) < 4.78 is 42.5. The molecule has 1 aromatic heterocycles. The molecule has 3 rings (SSSR count). The van der Waals surface area contributed by atoms with E-state index in [0.29, 0.717) is 12.2 Å². The molecule has 2 aromatic carbocycles. The number of halogens is 5. The van der Waals surface area contributed by atoms with Gasteiger partial charge in [-0.3, -0.25) is 0 Å². The van der Waals surface area contributed by atoms with Crippen molar-refractivity contribution in [2.45, 2.75) is 12.7 Å². The van der Waals surface area contributed by atoms with Crippen LogP contribution in [0.1, 0.15) is 11.1 Å². The third-order valence-corrected chi connectivity index (χ3v) is 5.53. The van der Waals surface area contributed by atoms with Gasteiger partial charge >= 0.3 is 6.18 Å². The summed E-state index contributed by atoms with van der Waals surface area (Å²) in [7, 11) is 0. The maximum absolute atomic E-state index is 13.5. The molecule has 0 amide bonds. The molecule has 0 saturated carbocycles. The molecule has 0 spiro atoms. The average molecular weight is 506 g/mol. The molecular weight excluding hydrogens is 494 g/mol. The Labute approximate surface area is 159 Å². The highest BCUT2D eigenvalue weighted by molar-refractivity contribution is 14.1. The molecule has 1 heterocycles. The SMILES string of the molecule is FC(F)(F)c1c(I)c(-c2ccccc2)n(Cc2ccccc2)c1Br. The average Bonchev–Trinajstić information content (AvgIpc) is 2.79. The largest absolute Gasteiger partial charge is 0.420 e. The van der Waals surface area contributed by atoms with Crippen LogP contribution in [-0.2, 0) is 12.7 Å². The summed E-state index contributed by atoms with van der Waals surface area (Å²) in [5.41, 5.74) is 1.64. The number of alkyl halides is 3. The maximum atomic E-state index is 13.5. The number of benzene rings is 2. The Morgan fingerprint density at radius 2 is 1.46 bits per heavy atom. The van der Waals surface area contributed by atoms with Crippen LogP contribution in [0.5, 0.6) is 0 Å². The van der Waals surface area contributed by atoms with Gasteiger partial charge in [0.1, 0.15) is 5.56 Å². The summed E-state index contributed by atoms with van der Waals surface area (Å²) in [6.45, 7) is 0.359. The first kappa shape index (κ1) is 17.5. The van der Waals surface area contributed by atoms with Crippen LogP contribution in [0.25, 0.3) is 11.3 Å². The molecule has 0 aliphatic carbocycles. The fourth-order valence-corrected chi connectivity index (χ4v) is 4.86. The van der Waals surface area contributed by atoms with Crippen molar-refractivity contribution in [1.82, 2.24) is 4.57 Å². The van der Waals surface area contributed by atoms with Gasteiger partial charge in [-0.05, 0) is 49.6 Å². The molecule has 6 heteroatoms. The van der Waals surface area contributed by atoms with Crippen molar-refractivity contribution in [2.24, 2.45) is 0 Å². The van der Waals surface area contributed by atoms with E-state index in [0.717, 1.165) is 11.1 Å². The number of nitrogens with zero attached hydrogens (tertiary/aromatic N) is 1. The Kier molecular flexibility index (Phi) is 5.05. The van der Waals surface area contributed by atoms with Crippen LogP contribution in [0.4, 0.5) is 13.2 Å². The van der Waals surface area contributed by atoms with E-state index in [4.69, 9.17) is 0 Å². The van der Waals surface area contributed by atoms with E-state index in [-0.39, 0.29) is 8.17 Å². The summed E-state index contributed by atoms with van der Waals surface area (Å²) in [4.78, 5) is 0. The Morgan fingerprint density at radius 1 is 0.917 bits per heavy atom. The van der Waals surface area contributed by atoms with Crippen LogP contribution < -0.4 is 0 Å². The minimum absolute atomic E-state index is 0.0575. The summed E-state index contributed by atoms with van der Waals surface area (Å²) >= 11 is 4.97. The maximum Gasteiger partial charge on any atom is 0.420 e. The zero-order chi connectivity index (χ0) is 17.3. The lowest BCUT2D eigenvalue weighted by Crippen LogP contribution is -2.07. The second kappa shape index (κ2) is 6.92. The third kappa shape index (κ3) is 3.39. The van der Waals surface area contributed by atoms with Crippen LogP contribution in [0.3, 0.4) is 0 Å². The smallest absolute Gasteiger partial charge is 0.329 e. The molecule has 0 unspecified atom stereocenters. The van der Waals surface area contributed by atoms with Gasteiger partial charge in [0.2, 0.25) is 0 Å². The van der Waals surface area contributed by atoms with Gasteiger partial charge in [0, 0.05) is 6.54 Å². The number of hydrogen-bond acceptors (Lipinski definition) is 0. The van der Waals surface area contributed by atoms with E-state index in [9.17, 15) is 13.2 Å². The van der Waals surface area contributed by atoms with E-state index >= 15 is 0 Å². The first-order valence-corrected chi connectivity index (χ1v) is 9.01. The van der Waals surface area contributed by atoms with Crippen molar-refractivity contribution in [3.05, 3.63) is 80.0 Å². The van der Waals surface area contributed by atoms with Crippen LogP contribution in [0.2, 0.25) is 0 Å². The molecule has 1 nitrogen and oxygen atoms in total. The Bertz CT molecular complexity index is 842. The van der Waals surface area contributed by atoms with Crippen molar-refractivity contribution >= 4 is 38.5 Å². The summed E-state index contributed by atoms with van der Waals surface area (Å²) in [6, 6.07) is 18.6. The molecule has 0 aliphatic rings. The Hall–Kier alpha value is -1.28. The zero-order valence-corrected chi connectivity index (χ0v) is 16.1. The predicted molar refractivity (Wildman–Crippen MR) is 101 cm³/mol. The lowest BCUT2D eigenvalue weighted by atomic mass is 10.1. The normalized spacial score (nSPS) is 11.7. The summed E-state index contributed by atoms with van der Waals surface area (Å²) in [5.74, 6) is 0. The lowest BCUT2D eigenvalue weighted by Gasteiger charge is -2.12. The van der Waals surface area contributed by atoms with E-state index in [1.54, 1.807) is 27.2 Å². The van der Waals surface area contributed by atoms with Crippen molar-refractivity contribution in [1.29, 1.82) is 0 Å². The standard InChI is InChI=1S/C18H12BrF3IN/c19-17-14(18(20,21)22)15(23)16(13-9-5-2-6-10-13)24(17)11-12-7-3-1-4-8-12/h1-10H,11H2. The summed E-state index contributed by atoms with van der Waals surface area (Å²) in [6.07, 6.45) is -4.42. The first-order chi connectivity index (χ1) is 11.4. The Balaban J connectivity index is 2.22. The third-order valence-electron chi connectivity index (χ3n) is 3.65. The minimum Gasteiger partial charge on any atom is -0.329 e. The van der Waals surface area contributed by atoms with Crippen molar-refractivity contribution in [3.63, 3.8) is 0 Å². The van der Waals surface area contributed by atoms with Crippen molar-refractivity contribution < 1.29 is 13.2 Å². The monoisotopic (exact) mass is 505 g/mol. The number of hydrogen-bond donors (Lipinski definition) is 0. The van der Waals surface area contributed by atoms with Crippen LogP contribution in [0.15, 0.2) is 65.3 Å². The van der Waals surface area contributed by atoms with Gasteiger partial charge in [-0.2, -0.15) is 13.2 Å². The highest BCUT2D eigenvalue weighted by atomic mass is 127. The molecule has 24 heavy (non-hydrogen) atoms. The molecule has 0 aliphatic heterocycles. The molecular formula is C18H12BrF3IN. The first-order valence-electron chi connectivity index (χ1n) is 7.13. The lowest BCUT2D eigenvalue weighted by molar-refractivity contribution is -0.138. The molecule has 3 aromatic rings. The molecule has 0 fully saturated rings. The molecule has 0 radical (unpaired) electrons. The molecule has 124 valence electrons. The Morgan fingerprint density at radius 3 is 2.00 bits per heavy atom. The molecule has 0 atom stereocenters. The molecule has 0 N–H and O–H groups in total. The predicted octanol–water partition coefficient (Wildman–Crippen LogP) is 6.59. The van der Waals surface area contributed by atoms with Gasteiger partial charge in [-0.25, -0.2) is 0 Å². The molecule has 0 saturated heterocycles. The van der Waals surface area contributed by atoms with Gasteiger partial charge in [-0.1, -0.05) is 60.7 Å². The van der Waals surface area contributed by atoms with Crippen molar-refractivity contribution in [3.8, 4) is 11.3 Å².